The molecule has 0 amide bonds. The average molecular weight is 730 g/mol. The minimum Gasteiger partial charge on any atom is -0.492 e. The summed E-state index contributed by atoms with van der Waals surface area (Å²) in [7, 11) is 0. The molecule has 0 bridgehead atoms. The maximum absolute atomic E-state index is 14.0. The number of allylic oxidation sites excluding steroid dienone is 3. The van der Waals surface area contributed by atoms with Crippen LogP contribution in [0.25, 0.3) is 16.5 Å². The van der Waals surface area contributed by atoms with Crippen LogP contribution in [-0.4, -0.2) is 81.6 Å². The Labute approximate surface area is 307 Å². The molecule has 4 unspecified atom stereocenters. The van der Waals surface area contributed by atoms with Gasteiger partial charge in [-0.2, -0.15) is 0 Å². The molecule has 1 aromatic heterocycles. The number of carbonyl (C=O) groups is 3. The average Bonchev–Trinajstić information content (AvgIpc) is 3.96. The maximum Gasteiger partial charge on any atom is 0.375 e. The van der Waals surface area contributed by atoms with Crippen LogP contribution in [0.15, 0.2) is 47.4 Å². The first kappa shape index (κ1) is 36.9. The standard InChI is InChI=1S/C41H47NO11/c1-3-50-40(48)39-29(20-45)33(24-16-25(19-44)35(47)27(17-24)22-9-10-31-23(15-22)11-12-42-31)34-37(51-14-6-13-43)28-18-32(41(2,49)26-7-4-5-8-26)52-36(28)30(21-46)38(34)53-39/h9-12,15,20,25-27,32,42-44,46,49H,3-8,13-14,16-19,21H2,1-2H3. The van der Waals surface area contributed by atoms with Gasteiger partial charge in [-0.1, -0.05) is 24.5 Å². The third-order valence-corrected chi connectivity index (χ3v) is 11.5. The predicted molar refractivity (Wildman–Crippen MR) is 193 cm³/mol. The SMILES string of the molecule is CCOC(=O)C1=C(C=O)C(=C2CC(CO)C(=O)C(c3ccc4[nH]ccc4c3)C2)c2c(OCCCO)c3c(c(CO)c2O1)OC(C(C)(O)C1CCCC1)C3. The van der Waals surface area contributed by atoms with Gasteiger partial charge in [0.1, 0.15) is 34.7 Å². The van der Waals surface area contributed by atoms with Gasteiger partial charge >= 0.3 is 5.97 Å². The zero-order valence-corrected chi connectivity index (χ0v) is 30.1. The molecule has 12 heteroatoms. The fourth-order valence-corrected chi connectivity index (χ4v) is 8.75. The van der Waals surface area contributed by atoms with Crippen LogP contribution in [0.4, 0.5) is 0 Å². The molecule has 2 aliphatic carbocycles. The lowest BCUT2D eigenvalue weighted by atomic mass is 9.71. The van der Waals surface area contributed by atoms with E-state index < -0.39 is 42.7 Å². The van der Waals surface area contributed by atoms with E-state index in [4.69, 9.17) is 18.9 Å². The predicted octanol–water partition coefficient (Wildman–Crippen LogP) is 4.58. The minimum atomic E-state index is -1.22. The third-order valence-electron chi connectivity index (χ3n) is 11.5. The van der Waals surface area contributed by atoms with E-state index in [2.05, 4.69) is 4.98 Å². The molecule has 2 aliphatic heterocycles. The minimum absolute atomic E-state index is 0.00179. The summed E-state index contributed by atoms with van der Waals surface area (Å²) in [6.07, 6.45) is 6.08. The molecule has 7 rings (SSSR count). The van der Waals surface area contributed by atoms with Gasteiger partial charge in [-0.25, -0.2) is 4.79 Å². The quantitative estimate of drug-likeness (QED) is 0.0999. The summed E-state index contributed by atoms with van der Waals surface area (Å²) in [6.45, 7) is 2.30. The van der Waals surface area contributed by atoms with Crippen molar-refractivity contribution in [2.24, 2.45) is 11.8 Å². The van der Waals surface area contributed by atoms with E-state index in [1.165, 1.54) is 0 Å². The largest absolute Gasteiger partial charge is 0.492 e. The number of aromatic nitrogens is 1. The number of esters is 1. The Morgan fingerprint density at radius 1 is 1.09 bits per heavy atom. The van der Waals surface area contributed by atoms with Crippen LogP contribution < -0.4 is 14.2 Å². The zero-order chi connectivity index (χ0) is 37.4. The van der Waals surface area contributed by atoms with E-state index in [9.17, 15) is 34.8 Å². The number of carbonyl (C=O) groups excluding carboxylic acids is 3. The molecule has 12 nitrogen and oxygen atoms in total. The van der Waals surface area contributed by atoms with E-state index >= 15 is 0 Å². The van der Waals surface area contributed by atoms with Gasteiger partial charge in [0.25, 0.3) is 0 Å². The van der Waals surface area contributed by atoms with Crippen LogP contribution in [0.5, 0.6) is 17.2 Å². The lowest BCUT2D eigenvalue weighted by Gasteiger charge is -2.35. The highest BCUT2D eigenvalue weighted by atomic mass is 16.6. The van der Waals surface area contributed by atoms with Crippen LogP contribution >= 0.6 is 0 Å². The number of rotatable bonds is 12. The third kappa shape index (κ3) is 6.45. The number of ketones is 1. The molecule has 0 saturated heterocycles. The van der Waals surface area contributed by atoms with Crippen LogP contribution in [0, 0.1) is 11.8 Å². The van der Waals surface area contributed by atoms with Crippen molar-refractivity contribution in [3.63, 3.8) is 0 Å². The van der Waals surface area contributed by atoms with Gasteiger partial charge in [0.05, 0.1) is 43.1 Å². The number of hydrogen-bond acceptors (Lipinski definition) is 11. The monoisotopic (exact) mass is 729 g/mol. The topological polar surface area (TPSA) is 185 Å². The first-order valence-electron chi connectivity index (χ1n) is 18.6. The molecule has 4 aliphatic rings. The molecule has 0 spiro atoms. The number of fused-ring (bicyclic) bond motifs is 3. The normalized spacial score (nSPS) is 24.0. The first-order chi connectivity index (χ1) is 25.7. The molecule has 53 heavy (non-hydrogen) atoms. The number of ether oxygens (including phenoxy) is 4. The Hall–Kier alpha value is -4.49. The molecule has 2 aromatic carbocycles. The number of H-pyrrole nitrogens is 1. The summed E-state index contributed by atoms with van der Waals surface area (Å²) in [5.41, 5.74) is 2.28. The Kier molecular flexibility index (Phi) is 10.5. The molecular weight excluding hydrogens is 682 g/mol. The molecule has 4 atom stereocenters. The fourth-order valence-electron chi connectivity index (χ4n) is 8.75. The van der Waals surface area contributed by atoms with Gasteiger partial charge in [0, 0.05) is 54.1 Å². The van der Waals surface area contributed by atoms with Crippen molar-refractivity contribution in [1.82, 2.24) is 4.98 Å². The van der Waals surface area contributed by atoms with Crippen LogP contribution in [0.1, 0.15) is 87.0 Å². The van der Waals surface area contributed by atoms with E-state index in [0.717, 1.165) is 42.1 Å². The Bertz CT molecular complexity index is 1980. The number of nitrogens with one attached hydrogen (secondary N) is 1. The van der Waals surface area contributed by atoms with Gasteiger partial charge < -0.3 is 44.4 Å². The molecular formula is C41H47NO11. The lowest BCUT2D eigenvalue weighted by Crippen LogP contribution is -2.47. The number of aliphatic hydroxyl groups is 4. The molecule has 0 radical (unpaired) electrons. The number of aliphatic hydroxyl groups excluding tert-OH is 3. The van der Waals surface area contributed by atoms with Gasteiger partial charge in [-0.15, -0.1) is 0 Å². The van der Waals surface area contributed by atoms with Crippen LogP contribution in [-0.2, 0) is 32.1 Å². The smallest absolute Gasteiger partial charge is 0.375 e. The number of hydrogen-bond donors (Lipinski definition) is 5. The molecule has 3 heterocycles. The van der Waals surface area contributed by atoms with Gasteiger partial charge in [0.2, 0.25) is 5.76 Å². The number of aromatic amines is 1. The molecule has 2 fully saturated rings. The molecule has 2 saturated carbocycles. The molecule has 5 N–H and O–H groups in total. The second kappa shape index (κ2) is 15.1. The molecule has 282 valence electrons. The van der Waals surface area contributed by atoms with Crippen molar-refractivity contribution in [3.8, 4) is 17.2 Å². The summed E-state index contributed by atoms with van der Waals surface area (Å²) in [6, 6.07) is 7.61. The second-order valence-electron chi connectivity index (χ2n) is 14.6. The highest BCUT2D eigenvalue weighted by Gasteiger charge is 2.49. The number of benzene rings is 2. The van der Waals surface area contributed by atoms with Crippen molar-refractivity contribution < 1.29 is 53.8 Å². The van der Waals surface area contributed by atoms with Crippen molar-refractivity contribution in [3.05, 3.63) is 69.6 Å². The van der Waals surface area contributed by atoms with Gasteiger partial charge in [0.15, 0.2) is 6.29 Å². The highest BCUT2D eigenvalue weighted by Crippen LogP contribution is 2.57. The fraction of sp³-hybridized carbons (Fsp3) is 0.488. The van der Waals surface area contributed by atoms with E-state index in [-0.39, 0.29) is 91.3 Å². The Morgan fingerprint density at radius 2 is 1.89 bits per heavy atom. The number of Topliss-reactive ketones (excluding diaryl/α,β-unsaturated/α-hetero) is 1. The van der Waals surface area contributed by atoms with Crippen molar-refractivity contribution in [1.29, 1.82) is 0 Å². The van der Waals surface area contributed by atoms with E-state index in [1.54, 1.807) is 13.8 Å². The summed E-state index contributed by atoms with van der Waals surface area (Å²) in [5.74, 6) is -2.36. The summed E-state index contributed by atoms with van der Waals surface area (Å²) < 4.78 is 24.6. The van der Waals surface area contributed by atoms with E-state index in [1.807, 2.05) is 30.5 Å². The van der Waals surface area contributed by atoms with Crippen LogP contribution in [0.3, 0.4) is 0 Å². The van der Waals surface area contributed by atoms with Crippen molar-refractivity contribution in [2.75, 3.05) is 26.4 Å². The number of aldehydes is 1. The Balaban J connectivity index is 1.47. The van der Waals surface area contributed by atoms with Gasteiger partial charge in [-0.3, -0.25) is 9.59 Å². The highest BCUT2D eigenvalue weighted by molar-refractivity contribution is 6.11. The summed E-state index contributed by atoms with van der Waals surface area (Å²) in [4.78, 5) is 43.9. The van der Waals surface area contributed by atoms with Crippen molar-refractivity contribution >= 4 is 34.5 Å². The van der Waals surface area contributed by atoms with Crippen molar-refractivity contribution in [2.45, 2.75) is 89.4 Å². The lowest BCUT2D eigenvalue weighted by molar-refractivity contribution is -0.141. The van der Waals surface area contributed by atoms with Gasteiger partial charge in [-0.05, 0) is 74.6 Å². The Morgan fingerprint density at radius 3 is 2.58 bits per heavy atom. The molecule has 3 aromatic rings. The summed E-state index contributed by atoms with van der Waals surface area (Å²) in [5, 5.41) is 44.1. The zero-order valence-electron chi connectivity index (χ0n) is 30.1. The maximum atomic E-state index is 14.0. The first-order valence-corrected chi connectivity index (χ1v) is 18.6. The summed E-state index contributed by atoms with van der Waals surface area (Å²) >= 11 is 0. The van der Waals surface area contributed by atoms with Crippen LogP contribution in [0.2, 0.25) is 0 Å². The van der Waals surface area contributed by atoms with E-state index in [0.29, 0.717) is 28.6 Å². The second-order valence-corrected chi connectivity index (χ2v) is 14.6.